The quantitative estimate of drug-likeness (QED) is 0.759. The van der Waals surface area contributed by atoms with Gasteiger partial charge in [-0.1, -0.05) is 30.3 Å². The van der Waals surface area contributed by atoms with Crippen LogP contribution < -0.4 is 0 Å². The summed E-state index contributed by atoms with van der Waals surface area (Å²) in [6.07, 6.45) is 2.10. The number of hydrogen-bond acceptors (Lipinski definition) is 2. The maximum absolute atomic E-state index is 4.29. The molecule has 1 heterocycles. The second-order valence-electron chi connectivity index (χ2n) is 3.47. The summed E-state index contributed by atoms with van der Waals surface area (Å²) in [6, 6.07) is 12.3. The summed E-state index contributed by atoms with van der Waals surface area (Å²) in [4.78, 5) is 0. The smallest absolute Gasteiger partial charge is 0.0923 e. The summed E-state index contributed by atoms with van der Waals surface area (Å²) in [5, 5.41) is 7.34. The van der Waals surface area contributed by atoms with E-state index in [4.69, 9.17) is 0 Å². The van der Waals surface area contributed by atoms with Gasteiger partial charge in [0.15, 0.2) is 0 Å². The Labute approximate surface area is 95.1 Å². The number of aromatic amines is 1. The molecule has 78 valence electrons. The van der Waals surface area contributed by atoms with Crippen LogP contribution in [0, 0.1) is 0 Å². The van der Waals surface area contributed by atoms with Gasteiger partial charge < -0.3 is 0 Å². The molecule has 1 N–H and O–H groups in total. The number of H-pyrrole nitrogens is 1. The van der Waals surface area contributed by atoms with Crippen molar-refractivity contribution in [1.82, 2.24) is 10.2 Å². The molecule has 0 radical (unpaired) electrons. The average Bonchev–Trinajstić information content (AvgIpc) is 2.76. The Morgan fingerprint density at radius 2 is 2.00 bits per heavy atom. The zero-order chi connectivity index (χ0) is 10.5. The molecule has 0 amide bonds. The van der Waals surface area contributed by atoms with Crippen LogP contribution in [0.1, 0.15) is 12.1 Å². The fraction of sp³-hybridized carbons (Fsp3) is 0.250. The fourth-order valence-corrected chi connectivity index (χ4v) is 1.67. The maximum Gasteiger partial charge on any atom is 0.0923 e. The molecule has 0 bridgehead atoms. The summed E-state index contributed by atoms with van der Waals surface area (Å²) in [7, 11) is 0. The summed E-state index contributed by atoms with van der Waals surface area (Å²) in [6.45, 7) is 0. The molecule has 0 aliphatic rings. The molecular weight excluding hydrogens is 204 g/mol. The van der Waals surface area contributed by atoms with Crippen molar-refractivity contribution in [2.75, 3.05) is 5.75 Å². The van der Waals surface area contributed by atoms with E-state index in [1.807, 2.05) is 18.2 Å². The van der Waals surface area contributed by atoms with Crippen LogP contribution in [-0.4, -0.2) is 16.0 Å². The number of aromatic nitrogens is 2. The Kier molecular flexibility index (Phi) is 3.45. The molecule has 0 fully saturated rings. The number of thiol groups is 1. The van der Waals surface area contributed by atoms with Gasteiger partial charge in [0.2, 0.25) is 0 Å². The van der Waals surface area contributed by atoms with Crippen LogP contribution in [0.15, 0.2) is 36.4 Å². The third-order valence-electron chi connectivity index (χ3n) is 2.30. The first-order valence-corrected chi connectivity index (χ1v) is 5.74. The highest BCUT2D eigenvalue weighted by molar-refractivity contribution is 7.80. The van der Waals surface area contributed by atoms with Crippen molar-refractivity contribution in [3.63, 3.8) is 0 Å². The summed E-state index contributed by atoms with van der Waals surface area (Å²) >= 11 is 4.19. The van der Waals surface area contributed by atoms with Crippen molar-refractivity contribution >= 4 is 12.6 Å². The average molecular weight is 218 g/mol. The van der Waals surface area contributed by atoms with Gasteiger partial charge in [-0.3, -0.25) is 5.10 Å². The molecule has 2 aromatic rings. The van der Waals surface area contributed by atoms with Gasteiger partial charge in [-0.05, 0) is 24.7 Å². The van der Waals surface area contributed by atoms with E-state index in [0.717, 1.165) is 29.9 Å². The highest BCUT2D eigenvalue weighted by Gasteiger charge is 2.02. The molecule has 1 aromatic heterocycles. The molecule has 2 rings (SSSR count). The summed E-state index contributed by atoms with van der Waals surface area (Å²) in [5.74, 6) is 0.916. The lowest BCUT2D eigenvalue weighted by molar-refractivity contribution is 0.877. The van der Waals surface area contributed by atoms with Crippen LogP contribution in [-0.2, 0) is 6.42 Å². The zero-order valence-electron chi connectivity index (χ0n) is 8.48. The SMILES string of the molecule is SCCCc1cc(-c2ccccc2)n[nH]1. The molecule has 15 heavy (non-hydrogen) atoms. The third kappa shape index (κ3) is 2.63. The minimum absolute atomic E-state index is 0.916. The zero-order valence-corrected chi connectivity index (χ0v) is 9.37. The first-order valence-electron chi connectivity index (χ1n) is 5.11. The Morgan fingerprint density at radius 1 is 1.20 bits per heavy atom. The van der Waals surface area contributed by atoms with E-state index in [-0.39, 0.29) is 0 Å². The Bertz CT molecular complexity index is 409. The third-order valence-corrected chi connectivity index (χ3v) is 2.62. The van der Waals surface area contributed by atoms with E-state index < -0.39 is 0 Å². The minimum atomic E-state index is 0.916. The Morgan fingerprint density at radius 3 is 2.73 bits per heavy atom. The van der Waals surface area contributed by atoms with Crippen LogP contribution >= 0.6 is 12.6 Å². The second-order valence-corrected chi connectivity index (χ2v) is 3.92. The molecule has 0 aliphatic carbocycles. The van der Waals surface area contributed by atoms with Crippen molar-refractivity contribution in [3.05, 3.63) is 42.1 Å². The number of hydrogen-bond donors (Lipinski definition) is 2. The normalized spacial score (nSPS) is 10.5. The molecule has 2 nitrogen and oxygen atoms in total. The first-order chi connectivity index (χ1) is 7.40. The topological polar surface area (TPSA) is 28.7 Å². The van der Waals surface area contributed by atoms with Gasteiger partial charge in [-0.15, -0.1) is 0 Å². The van der Waals surface area contributed by atoms with Crippen molar-refractivity contribution in [2.24, 2.45) is 0 Å². The molecule has 0 spiro atoms. The molecule has 0 atom stereocenters. The lowest BCUT2D eigenvalue weighted by atomic mass is 10.1. The second kappa shape index (κ2) is 5.03. The van der Waals surface area contributed by atoms with E-state index in [1.54, 1.807) is 0 Å². The monoisotopic (exact) mass is 218 g/mol. The molecule has 0 saturated heterocycles. The van der Waals surface area contributed by atoms with E-state index in [1.165, 1.54) is 5.69 Å². The Hall–Kier alpha value is -1.22. The lowest BCUT2D eigenvalue weighted by Crippen LogP contribution is -1.85. The fourth-order valence-electron chi connectivity index (χ4n) is 1.52. The number of nitrogens with one attached hydrogen (secondary N) is 1. The van der Waals surface area contributed by atoms with Gasteiger partial charge in [-0.25, -0.2) is 0 Å². The van der Waals surface area contributed by atoms with Crippen LogP contribution in [0.5, 0.6) is 0 Å². The highest BCUT2D eigenvalue weighted by Crippen LogP contribution is 2.17. The summed E-state index contributed by atoms with van der Waals surface area (Å²) < 4.78 is 0. The summed E-state index contributed by atoms with van der Waals surface area (Å²) in [5.41, 5.74) is 3.36. The minimum Gasteiger partial charge on any atom is -0.282 e. The van der Waals surface area contributed by atoms with Crippen LogP contribution in [0.2, 0.25) is 0 Å². The number of benzene rings is 1. The van der Waals surface area contributed by atoms with Gasteiger partial charge in [0.25, 0.3) is 0 Å². The maximum atomic E-state index is 4.29. The van der Waals surface area contributed by atoms with Gasteiger partial charge in [0.05, 0.1) is 5.69 Å². The van der Waals surface area contributed by atoms with Crippen molar-refractivity contribution < 1.29 is 0 Å². The van der Waals surface area contributed by atoms with Gasteiger partial charge in [0.1, 0.15) is 0 Å². The number of aryl methyl sites for hydroxylation is 1. The van der Waals surface area contributed by atoms with Crippen LogP contribution in [0.3, 0.4) is 0 Å². The Balaban J connectivity index is 2.14. The van der Waals surface area contributed by atoms with Crippen LogP contribution in [0.4, 0.5) is 0 Å². The predicted molar refractivity (Wildman–Crippen MR) is 66.2 cm³/mol. The first kappa shape index (κ1) is 10.3. The van der Waals surface area contributed by atoms with E-state index >= 15 is 0 Å². The molecule has 3 heteroatoms. The van der Waals surface area contributed by atoms with Gasteiger partial charge in [0, 0.05) is 11.3 Å². The molecule has 0 unspecified atom stereocenters. The molecule has 0 aliphatic heterocycles. The predicted octanol–water partition coefficient (Wildman–Crippen LogP) is 2.94. The largest absolute Gasteiger partial charge is 0.282 e. The van der Waals surface area contributed by atoms with Gasteiger partial charge in [-0.2, -0.15) is 17.7 Å². The van der Waals surface area contributed by atoms with Crippen molar-refractivity contribution in [3.8, 4) is 11.3 Å². The molecule has 1 aromatic carbocycles. The lowest BCUT2D eigenvalue weighted by Gasteiger charge is -1.93. The van der Waals surface area contributed by atoms with Gasteiger partial charge >= 0.3 is 0 Å². The van der Waals surface area contributed by atoms with E-state index in [2.05, 4.69) is 41.0 Å². The number of nitrogens with zero attached hydrogens (tertiary/aromatic N) is 1. The number of rotatable bonds is 4. The highest BCUT2D eigenvalue weighted by atomic mass is 32.1. The van der Waals surface area contributed by atoms with E-state index in [9.17, 15) is 0 Å². The van der Waals surface area contributed by atoms with E-state index in [0.29, 0.717) is 0 Å². The van der Waals surface area contributed by atoms with Crippen molar-refractivity contribution in [1.29, 1.82) is 0 Å². The van der Waals surface area contributed by atoms with Crippen LogP contribution in [0.25, 0.3) is 11.3 Å². The van der Waals surface area contributed by atoms with Crippen molar-refractivity contribution in [2.45, 2.75) is 12.8 Å². The standard InChI is InChI=1S/C12H14N2S/c15-8-4-7-11-9-12(14-13-11)10-5-2-1-3-6-10/h1-3,5-6,9,15H,4,7-8H2,(H,13,14). The molecule has 0 saturated carbocycles. The molecular formula is C12H14N2S.